The van der Waals surface area contributed by atoms with E-state index in [1.165, 1.54) is 42.5 Å². The van der Waals surface area contributed by atoms with Gasteiger partial charge in [0.25, 0.3) is 20.2 Å². The predicted molar refractivity (Wildman–Crippen MR) is 220 cm³/mol. The van der Waals surface area contributed by atoms with Gasteiger partial charge in [-0.2, -0.15) is 37.3 Å². The van der Waals surface area contributed by atoms with Crippen LogP contribution in [0.15, 0.2) is 190 Å². The highest BCUT2D eigenvalue weighted by molar-refractivity contribution is 7.86. The van der Waals surface area contributed by atoms with E-state index in [0.717, 1.165) is 0 Å². The zero-order valence-electron chi connectivity index (χ0n) is 30.4. The molecule has 16 nitrogen and oxygen atoms in total. The summed E-state index contributed by atoms with van der Waals surface area (Å²) in [7, 11) is -9.02. The van der Waals surface area contributed by atoms with E-state index in [-0.39, 0.29) is 26.6 Å². The Morgan fingerprint density at radius 1 is 0.424 bits per heavy atom. The molecule has 0 amide bonds. The first-order chi connectivity index (χ1) is 28.3. The first-order valence-electron chi connectivity index (χ1n) is 17.1. The summed E-state index contributed by atoms with van der Waals surface area (Å²) >= 11 is 0. The van der Waals surface area contributed by atoms with Gasteiger partial charge in [-0.05, 0) is 124 Å². The van der Waals surface area contributed by atoms with E-state index in [9.17, 15) is 30.7 Å². The molecule has 0 aliphatic rings. The minimum absolute atomic E-state index is 0.156. The van der Waals surface area contributed by atoms with E-state index in [1.54, 1.807) is 121 Å². The smallest absolute Gasteiger partial charge is 0.335 e. The lowest BCUT2D eigenvalue weighted by molar-refractivity contribution is 0.0696. The summed E-state index contributed by atoms with van der Waals surface area (Å²) in [5.41, 5.74) is 4.75. The summed E-state index contributed by atoms with van der Waals surface area (Å²) in [5, 5.41) is 40.9. The van der Waals surface area contributed by atoms with Crippen LogP contribution in [-0.2, 0) is 20.2 Å². The third-order valence-corrected chi connectivity index (χ3v) is 9.89. The van der Waals surface area contributed by atoms with Crippen LogP contribution in [-0.4, -0.2) is 37.0 Å². The summed E-state index contributed by atoms with van der Waals surface area (Å²) in [6.07, 6.45) is 6.41. The summed E-state index contributed by atoms with van der Waals surface area (Å²) in [4.78, 5) is 10.4. The van der Waals surface area contributed by atoms with Gasteiger partial charge >= 0.3 is 5.97 Å². The Kier molecular flexibility index (Phi) is 13.0. The highest BCUT2D eigenvalue weighted by Gasteiger charge is 2.15. The van der Waals surface area contributed by atoms with Gasteiger partial charge in [-0.25, -0.2) is 4.79 Å². The molecule has 59 heavy (non-hydrogen) atoms. The molecule has 0 aliphatic heterocycles. The fourth-order valence-corrected chi connectivity index (χ4v) is 6.49. The molecule has 0 atom stereocenters. The molecule has 6 rings (SSSR count). The molecule has 0 aromatic heterocycles. The summed E-state index contributed by atoms with van der Waals surface area (Å²) in [6, 6.07) is 36.5. The Morgan fingerprint density at radius 3 is 1.25 bits per heavy atom. The van der Waals surface area contributed by atoms with Gasteiger partial charge in [0.05, 0.1) is 39.7 Å². The molecule has 0 saturated heterocycles. The monoisotopic (exact) mass is 826 g/mol. The van der Waals surface area contributed by atoms with Crippen LogP contribution < -0.4 is 0 Å². The second-order valence-electron chi connectivity index (χ2n) is 12.2. The van der Waals surface area contributed by atoms with Crippen molar-refractivity contribution >= 4 is 84.6 Å². The lowest BCUT2D eigenvalue weighted by atomic mass is 10.1. The topological polar surface area (TPSA) is 245 Å². The van der Waals surface area contributed by atoms with Crippen molar-refractivity contribution in [1.29, 1.82) is 0 Å². The SMILES string of the molecule is O=C(O)c1ccc(N=Nc2ccc(N=NN=Nc3ccc(C=Cc4ccc(N=Nc5ccc(C=Cc6ccccc6S(=O)(=O)O)cc5)cc4S(=O)(=O)O)cc3)cc2)cc1. The second-order valence-corrected chi connectivity index (χ2v) is 15.0. The number of azo groups is 2. The van der Waals surface area contributed by atoms with Crippen molar-refractivity contribution < 1.29 is 35.8 Å². The van der Waals surface area contributed by atoms with E-state index in [4.69, 9.17) is 5.11 Å². The molecule has 0 heterocycles. The molecule has 0 unspecified atom stereocenters. The van der Waals surface area contributed by atoms with Crippen molar-refractivity contribution in [3.8, 4) is 0 Å². The van der Waals surface area contributed by atoms with Crippen LogP contribution in [0, 0.1) is 0 Å². The molecule has 18 heteroatoms. The zero-order valence-corrected chi connectivity index (χ0v) is 32.0. The first kappa shape index (κ1) is 41.1. The fraction of sp³-hybridized carbons (Fsp3) is 0. The maximum absolute atomic E-state index is 12.3. The first-order valence-corrected chi connectivity index (χ1v) is 20.0. The minimum Gasteiger partial charge on any atom is -0.478 e. The number of carboxylic acid groups (broad SMARTS) is 1. The summed E-state index contributed by atoms with van der Waals surface area (Å²) < 4.78 is 67.2. The van der Waals surface area contributed by atoms with Gasteiger partial charge in [0.15, 0.2) is 0 Å². The van der Waals surface area contributed by atoms with Crippen molar-refractivity contribution in [1.82, 2.24) is 0 Å². The van der Waals surface area contributed by atoms with Crippen LogP contribution >= 0.6 is 0 Å². The standard InChI is InChI=1S/C41H30N8O8S2/c50-41(51)32-14-20-34(21-15-32)42-43-35-23-25-37(26-24-35)47-49-48-46-36-18-9-29(10-19-36)6-12-31-13-22-38(27-40(31)59(55,56)57)45-44-33-16-7-28(8-17-33)5-11-30-3-1-2-4-39(30)58(52,53)54/h1-27H,(H,50,51)(H,52,53,54)(H,55,56,57). The van der Waals surface area contributed by atoms with Crippen molar-refractivity contribution in [3.05, 3.63) is 167 Å². The van der Waals surface area contributed by atoms with E-state index < -0.39 is 26.2 Å². The Balaban J connectivity index is 1.04. The maximum atomic E-state index is 12.3. The highest BCUT2D eigenvalue weighted by atomic mass is 32.2. The molecule has 0 fully saturated rings. The van der Waals surface area contributed by atoms with Crippen LogP contribution in [0.5, 0.6) is 0 Å². The minimum atomic E-state index is -4.63. The van der Waals surface area contributed by atoms with Crippen molar-refractivity contribution in [3.63, 3.8) is 0 Å². The van der Waals surface area contributed by atoms with Gasteiger partial charge in [-0.1, -0.05) is 72.8 Å². The van der Waals surface area contributed by atoms with Crippen LogP contribution in [0.1, 0.15) is 32.6 Å². The Bertz CT molecular complexity index is 2880. The van der Waals surface area contributed by atoms with Gasteiger partial charge in [0.2, 0.25) is 0 Å². The summed E-state index contributed by atoms with van der Waals surface area (Å²) in [5.74, 6) is -1.02. The van der Waals surface area contributed by atoms with Crippen LogP contribution in [0.25, 0.3) is 24.3 Å². The molecule has 294 valence electrons. The van der Waals surface area contributed by atoms with Gasteiger partial charge in [0, 0.05) is 0 Å². The Morgan fingerprint density at radius 2 is 0.797 bits per heavy atom. The number of carboxylic acids is 1. The normalized spacial score (nSPS) is 12.6. The molecule has 6 aromatic carbocycles. The van der Waals surface area contributed by atoms with Crippen LogP contribution in [0.4, 0.5) is 34.1 Å². The van der Waals surface area contributed by atoms with Gasteiger partial charge < -0.3 is 5.11 Å². The fourth-order valence-electron chi connectivity index (χ4n) is 5.11. The molecule has 6 aromatic rings. The van der Waals surface area contributed by atoms with Crippen molar-refractivity contribution in [2.75, 3.05) is 0 Å². The van der Waals surface area contributed by atoms with Crippen molar-refractivity contribution in [2.24, 2.45) is 41.1 Å². The number of hydrogen-bond acceptors (Lipinski definition) is 11. The van der Waals surface area contributed by atoms with Crippen LogP contribution in [0.3, 0.4) is 0 Å². The third-order valence-electron chi connectivity index (χ3n) is 8.06. The van der Waals surface area contributed by atoms with Gasteiger partial charge in [-0.15, -0.1) is 10.2 Å². The van der Waals surface area contributed by atoms with Gasteiger partial charge in [-0.3, -0.25) is 9.11 Å². The molecule has 0 saturated carbocycles. The number of aromatic carboxylic acids is 1. The van der Waals surface area contributed by atoms with E-state index in [0.29, 0.717) is 45.1 Å². The van der Waals surface area contributed by atoms with E-state index >= 15 is 0 Å². The average Bonchev–Trinajstić information content (AvgIpc) is 3.23. The largest absolute Gasteiger partial charge is 0.478 e. The highest BCUT2D eigenvalue weighted by Crippen LogP contribution is 2.28. The van der Waals surface area contributed by atoms with Gasteiger partial charge in [0.1, 0.15) is 9.79 Å². The third kappa shape index (κ3) is 12.0. The lowest BCUT2D eigenvalue weighted by Gasteiger charge is -2.04. The van der Waals surface area contributed by atoms with Crippen LogP contribution in [0.2, 0.25) is 0 Å². The zero-order chi connectivity index (χ0) is 41.8. The number of rotatable bonds is 14. The number of benzene rings is 6. The number of carbonyl (C=O) groups is 1. The molecular weight excluding hydrogens is 797 g/mol. The Labute approximate surface area is 337 Å². The van der Waals surface area contributed by atoms with E-state index in [1.807, 2.05) is 0 Å². The molecule has 0 spiro atoms. The molecular formula is C41H30N8O8S2. The number of hydrogen-bond donors (Lipinski definition) is 3. The molecule has 3 N–H and O–H groups in total. The Hall–Kier alpha value is -7.51. The van der Waals surface area contributed by atoms with E-state index in [2.05, 4.69) is 41.1 Å². The predicted octanol–water partition coefficient (Wildman–Crippen LogP) is 11.8. The number of nitrogens with zero attached hydrogens (tertiary/aromatic N) is 8. The molecule has 0 radical (unpaired) electrons. The lowest BCUT2D eigenvalue weighted by Crippen LogP contribution is -2.00. The average molecular weight is 827 g/mol. The molecule has 0 bridgehead atoms. The molecule has 0 aliphatic carbocycles. The van der Waals surface area contributed by atoms with Crippen molar-refractivity contribution in [2.45, 2.75) is 9.79 Å². The quantitative estimate of drug-likeness (QED) is 0.0411. The maximum Gasteiger partial charge on any atom is 0.335 e. The summed E-state index contributed by atoms with van der Waals surface area (Å²) in [6.45, 7) is 0. The second kappa shape index (κ2) is 18.6.